The first-order valence-electron chi connectivity index (χ1n) is 7.35. The number of hydrogen-bond donors (Lipinski definition) is 0. The zero-order chi connectivity index (χ0) is 15.7. The van der Waals surface area contributed by atoms with Crippen LogP contribution in [0.15, 0.2) is 10.9 Å². The Labute approximate surface area is 128 Å². The molecule has 118 valence electrons. The first-order chi connectivity index (χ1) is 10.6. The van der Waals surface area contributed by atoms with Gasteiger partial charge in [0.25, 0.3) is 0 Å². The van der Waals surface area contributed by atoms with Gasteiger partial charge in [0, 0.05) is 19.6 Å². The van der Waals surface area contributed by atoms with Crippen LogP contribution in [0.4, 0.5) is 10.2 Å². The van der Waals surface area contributed by atoms with Crippen molar-refractivity contribution in [1.82, 2.24) is 25.0 Å². The fourth-order valence-corrected chi connectivity index (χ4v) is 2.64. The third-order valence-corrected chi connectivity index (χ3v) is 3.95. The molecule has 0 amide bonds. The summed E-state index contributed by atoms with van der Waals surface area (Å²) >= 11 is 0. The molecule has 1 aliphatic rings. The van der Waals surface area contributed by atoms with Crippen LogP contribution in [0.3, 0.4) is 0 Å². The minimum atomic E-state index is -0.338. The minimum Gasteiger partial charge on any atom is -0.351 e. The molecule has 22 heavy (non-hydrogen) atoms. The molecule has 1 aliphatic heterocycles. The summed E-state index contributed by atoms with van der Waals surface area (Å²) < 4.78 is 19.7. The van der Waals surface area contributed by atoms with Gasteiger partial charge in [-0.05, 0) is 20.4 Å². The van der Waals surface area contributed by atoms with E-state index < -0.39 is 0 Å². The van der Waals surface area contributed by atoms with Crippen LogP contribution in [-0.4, -0.2) is 51.7 Å². The third kappa shape index (κ3) is 2.66. The van der Waals surface area contributed by atoms with Gasteiger partial charge >= 0.3 is 0 Å². The van der Waals surface area contributed by atoms with Crippen molar-refractivity contribution < 1.29 is 8.91 Å². The van der Waals surface area contributed by atoms with Crippen LogP contribution in [0.5, 0.6) is 0 Å². The van der Waals surface area contributed by atoms with Gasteiger partial charge in [0.2, 0.25) is 5.89 Å². The lowest BCUT2D eigenvalue weighted by Gasteiger charge is -2.38. The highest BCUT2D eigenvalue weighted by Gasteiger charge is 2.31. The Hall–Kier alpha value is -2.09. The molecule has 1 unspecified atom stereocenters. The summed E-state index contributed by atoms with van der Waals surface area (Å²) in [6.45, 7) is 5.66. The molecule has 0 radical (unpaired) electrons. The van der Waals surface area contributed by atoms with Crippen LogP contribution in [0.25, 0.3) is 0 Å². The van der Waals surface area contributed by atoms with Gasteiger partial charge in [-0.25, -0.2) is 14.4 Å². The number of nitrogens with zero attached hydrogens (tertiary/aromatic N) is 6. The zero-order valence-corrected chi connectivity index (χ0v) is 13.0. The van der Waals surface area contributed by atoms with Crippen molar-refractivity contribution in [3.05, 3.63) is 29.6 Å². The van der Waals surface area contributed by atoms with E-state index in [1.165, 1.54) is 6.33 Å². The van der Waals surface area contributed by atoms with Crippen molar-refractivity contribution in [1.29, 1.82) is 0 Å². The Morgan fingerprint density at radius 1 is 1.36 bits per heavy atom. The highest BCUT2D eigenvalue weighted by atomic mass is 19.1. The lowest BCUT2D eigenvalue weighted by molar-refractivity contribution is 0.177. The Balaban J connectivity index is 1.87. The first kappa shape index (κ1) is 14.8. The molecule has 8 heteroatoms. The molecular formula is C14H19FN6O. The van der Waals surface area contributed by atoms with E-state index in [2.05, 4.69) is 25.0 Å². The van der Waals surface area contributed by atoms with E-state index in [4.69, 9.17) is 4.52 Å². The minimum absolute atomic E-state index is 0.0746. The van der Waals surface area contributed by atoms with E-state index in [9.17, 15) is 4.39 Å². The molecule has 0 N–H and O–H groups in total. The fraction of sp³-hybridized carbons (Fsp3) is 0.571. The number of anilines is 1. The predicted molar refractivity (Wildman–Crippen MR) is 78.0 cm³/mol. The molecule has 2 aromatic heterocycles. The summed E-state index contributed by atoms with van der Waals surface area (Å²) in [6.07, 6.45) is 1.96. The molecule has 7 nitrogen and oxygen atoms in total. The number of rotatable bonds is 3. The second kappa shape index (κ2) is 5.96. The quantitative estimate of drug-likeness (QED) is 0.848. The highest BCUT2D eigenvalue weighted by Crippen LogP contribution is 2.27. The van der Waals surface area contributed by atoms with E-state index in [1.807, 2.05) is 18.9 Å². The molecule has 0 bridgehead atoms. The molecule has 3 heterocycles. The van der Waals surface area contributed by atoms with Gasteiger partial charge in [0.15, 0.2) is 17.5 Å². The number of aromatic nitrogens is 4. The molecular weight excluding hydrogens is 287 g/mol. The number of likely N-dealkylation sites (N-methyl/N-ethyl adjacent to an activating group) is 1. The van der Waals surface area contributed by atoms with Gasteiger partial charge in [-0.3, -0.25) is 4.90 Å². The summed E-state index contributed by atoms with van der Waals surface area (Å²) in [4.78, 5) is 16.4. The average Bonchev–Trinajstić information content (AvgIpc) is 2.94. The molecule has 0 spiro atoms. The molecule has 1 atom stereocenters. The Morgan fingerprint density at radius 3 is 2.86 bits per heavy atom. The first-order valence-corrected chi connectivity index (χ1v) is 7.35. The third-order valence-electron chi connectivity index (χ3n) is 3.95. The van der Waals surface area contributed by atoms with Crippen LogP contribution in [0.1, 0.15) is 30.4 Å². The SMILES string of the molecule is CCc1ncnc(N2CCN(C)C(c3nc(C)no3)C2)c1F. The van der Waals surface area contributed by atoms with Gasteiger partial charge in [0.1, 0.15) is 12.4 Å². The highest BCUT2D eigenvalue weighted by molar-refractivity contribution is 5.42. The van der Waals surface area contributed by atoms with Gasteiger partial charge < -0.3 is 9.42 Å². The predicted octanol–water partition coefficient (Wildman–Crippen LogP) is 1.36. The monoisotopic (exact) mass is 306 g/mol. The van der Waals surface area contributed by atoms with Crippen molar-refractivity contribution in [3.63, 3.8) is 0 Å². The van der Waals surface area contributed by atoms with E-state index >= 15 is 0 Å². The topological polar surface area (TPSA) is 71.2 Å². The van der Waals surface area contributed by atoms with Crippen molar-refractivity contribution in [2.75, 3.05) is 31.6 Å². The van der Waals surface area contributed by atoms with E-state index in [0.29, 0.717) is 42.7 Å². The number of hydrogen-bond acceptors (Lipinski definition) is 7. The number of halogens is 1. The second-order valence-electron chi connectivity index (χ2n) is 5.43. The second-order valence-corrected chi connectivity index (χ2v) is 5.43. The van der Waals surface area contributed by atoms with E-state index in [1.54, 1.807) is 6.92 Å². The van der Waals surface area contributed by atoms with Crippen LogP contribution >= 0.6 is 0 Å². The molecule has 1 fully saturated rings. The maximum absolute atomic E-state index is 14.5. The fourth-order valence-electron chi connectivity index (χ4n) is 2.64. The summed E-state index contributed by atoms with van der Waals surface area (Å²) in [5, 5.41) is 3.84. The molecule has 1 saturated heterocycles. The van der Waals surface area contributed by atoms with Crippen molar-refractivity contribution in [3.8, 4) is 0 Å². The summed E-state index contributed by atoms with van der Waals surface area (Å²) in [5.74, 6) is 1.16. The number of piperazine rings is 1. The normalized spacial score (nSPS) is 19.6. The van der Waals surface area contributed by atoms with Gasteiger partial charge in [0.05, 0.1) is 5.69 Å². The smallest absolute Gasteiger partial charge is 0.245 e. The van der Waals surface area contributed by atoms with Gasteiger partial charge in [-0.2, -0.15) is 4.98 Å². The van der Waals surface area contributed by atoms with E-state index in [0.717, 1.165) is 6.54 Å². The van der Waals surface area contributed by atoms with Crippen LogP contribution in [-0.2, 0) is 6.42 Å². The largest absolute Gasteiger partial charge is 0.351 e. The van der Waals surface area contributed by atoms with Gasteiger partial charge in [-0.1, -0.05) is 12.1 Å². The molecule has 3 rings (SSSR count). The summed E-state index contributed by atoms with van der Waals surface area (Å²) in [7, 11) is 2.00. The van der Waals surface area contributed by atoms with E-state index in [-0.39, 0.29) is 11.9 Å². The lowest BCUT2D eigenvalue weighted by Crippen LogP contribution is -2.47. The maximum Gasteiger partial charge on any atom is 0.245 e. The Morgan fingerprint density at radius 2 is 2.18 bits per heavy atom. The summed E-state index contributed by atoms with van der Waals surface area (Å²) in [6, 6.07) is -0.0746. The molecule has 2 aromatic rings. The lowest BCUT2D eigenvalue weighted by atomic mass is 10.1. The summed E-state index contributed by atoms with van der Waals surface area (Å²) in [5.41, 5.74) is 0.439. The van der Waals surface area contributed by atoms with Crippen LogP contribution < -0.4 is 4.90 Å². The van der Waals surface area contributed by atoms with Crippen molar-refractivity contribution in [2.45, 2.75) is 26.3 Å². The van der Waals surface area contributed by atoms with Crippen LogP contribution in [0.2, 0.25) is 0 Å². The average molecular weight is 306 g/mol. The maximum atomic E-state index is 14.5. The molecule has 0 aromatic carbocycles. The zero-order valence-electron chi connectivity index (χ0n) is 13.0. The van der Waals surface area contributed by atoms with Gasteiger partial charge in [-0.15, -0.1) is 0 Å². The Bertz CT molecular complexity index is 661. The Kier molecular flexibility index (Phi) is 4.02. The molecule has 0 aliphatic carbocycles. The van der Waals surface area contributed by atoms with Crippen molar-refractivity contribution in [2.24, 2.45) is 0 Å². The van der Waals surface area contributed by atoms with Crippen molar-refractivity contribution >= 4 is 5.82 Å². The standard InChI is InChI=1S/C14H19FN6O/c1-4-10-12(15)13(17-8-16-10)21-6-5-20(3)11(7-21)14-18-9(2)19-22-14/h8,11H,4-7H2,1-3H3. The van der Waals surface area contributed by atoms with Crippen LogP contribution in [0, 0.1) is 12.7 Å². The number of aryl methyl sites for hydroxylation is 2. The molecule has 0 saturated carbocycles.